The van der Waals surface area contributed by atoms with Gasteiger partial charge in [0.15, 0.2) is 0 Å². The Bertz CT molecular complexity index is 310. The zero-order valence-electron chi connectivity index (χ0n) is 11.1. The van der Waals surface area contributed by atoms with E-state index in [0.717, 1.165) is 0 Å². The van der Waals surface area contributed by atoms with Gasteiger partial charge in [-0.15, -0.1) is 11.8 Å². The van der Waals surface area contributed by atoms with Crippen LogP contribution in [-0.4, -0.2) is 24.0 Å². The predicted molar refractivity (Wildman–Crippen MR) is 61.3 cm³/mol. The second-order valence-corrected chi connectivity index (χ2v) is 5.07. The molecule has 1 aliphatic carbocycles. The molecule has 1 rings (SSSR count). The Kier molecular flexibility index (Phi) is 7.56. The van der Waals surface area contributed by atoms with Gasteiger partial charge in [0.1, 0.15) is 0 Å². The number of carbonyl (C=O) groups excluding carboxylic acids is 2. The molecule has 0 aromatic carbocycles. The maximum absolute atomic E-state index is 11.1. The van der Waals surface area contributed by atoms with Crippen molar-refractivity contribution >= 4 is 11.9 Å². The number of nitrogens with one attached hydrogen (secondary N) is 1. The van der Waals surface area contributed by atoms with Crippen LogP contribution in [0, 0.1) is 24.2 Å². The second kappa shape index (κ2) is 7.56. The molecule has 1 aliphatic rings. The minimum atomic E-state index is -1.09. The van der Waals surface area contributed by atoms with Crippen LogP contribution in [0.5, 0.6) is 0 Å². The minimum Gasteiger partial charge on any atom is -0.553 e. The summed E-state index contributed by atoms with van der Waals surface area (Å²) >= 11 is 0. The maximum Gasteiger partial charge on any atom is 0.217 e. The Morgan fingerprint density at radius 1 is 1.44 bits per heavy atom. The number of carboxylic acids is 1. The maximum atomic E-state index is 11.1. The number of aliphatic carboxylic acids is 1. The van der Waals surface area contributed by atoms with Crippen molar-refractivity contribution in [1.82, 2.24) is 5.32 Å². The van der Waals surface area contributed by atoms with Gasteiger partial charge in [0.05, 0.1) is 0 Å². The molecule has 1 amide bonds. The first-order valence-corrected chi connectivity index (χ1v) is 5.91. The van der Waals surface area contributed by atoms with Crippen molar-refractivity contribution in [3.8, 4) is 0 Å². The van der Waals surface area contributed by atoms with Crippen LogP contribution in [-0.2, 0) is 42.3 Å². The fraction of sp³-hybridized carbons (Fsp3) is 0.750. The Morgan fingerprint density at radius 2 is 2.00 bits per heavy atom. The molecule has 1 saturated carbocycles. The van der Waals surface area contributed by atoms with Crippen molar-refractivity contribution in [2.75, 3.05) is 0 Å². The summed E-state index contributed by atoms with van der Waals surface area (Å²) in [6.07, 6.45) is 2.09. The Hall–Kier alpha value is 0.00390. The van der Waals surface area contributed by atoms with E-state index in [0.29, 0.717) is 6.42 Å². The van der Waals surface area contributed by atoms with E-state index >= 15 is 0 Å². The van der Waals surface area contributed by atoms with Gasteiger partial charge in [-0.25, -0.2) is 0 Å². The predicted octanol–water partition coefficient (Wildman–Crippen LogP) is -0.938. The van der Waals surface area contributed by atoms with Crippen molar-refractivity contribution in [3.63, 3.8) is 0 Å². The Morgan fingerprint density at radius 3 is 2.33 bits per heavy atom. The second-order valence-electron chi connectivity index (χ2n) is 5.07. The van der Waals surface area contributed by atoms with E-state index in [1.165, 1.54) is 6.92 Å². The number of carboxylic acid groups (broad SMARTS) is 1. The summed E-state index contributed by atoms with van der Waals surface area (Å²) in [6.45, 7) is 5.41. The molecule has 5 nitrogen and oxygen atoms in total. The number of amides is 1. The van der Waals surface area contributed by atoms with Crippen LogP contribution in [0.1, 0.15) is 27.2 Å². The molecule has 4 atom stereocenters. The third-order valence-corrected chi connectivity index (χ3v) is 3.28. The summed E-state index contributed by atoms with van der Waals surface area (Å²) in [5, 5.41) is 13.7. The molecule has 0 heterocycles. The Balaban J connectivity index is 0.00000289. The SMILES string of the molecule is CC(=O)NC(C(C)C)[C@@H]1[CH-]C(C(=O)[O-])CC1N.[Y]. The zero-order chi connectivity index (χ0) is 13.2. The fourth-order valence-corrected chi connectivity index (χ4v) is 2.44. The summed E-state index contributed by atoms with van der Waals surface area (Å²) in [5.41, 5.74) is 5.95. The van der Waals surface area contributed by atoms with Gasteiger partial charge in [-0.2, -0.15) is 0 Å². The standard InChI is InChI=1S/C12H21N2O3.Y/c1-6(2)11(14-7(3)15)9-4-8(12(16)17)5-10(9)13;/h4,6,8-11H,5,13H2,1-3H3,(H,14,15)(H,16,17);/q-1;/p-1/t8?,9-,10?,11?;/m1./s1. The van der Waals surface area contributed by atoms with Gasteiger partial charge >= 0.3 is 0 Å². The third-order valence-electron chi connectivity index (χ3n) is 3.28. The average Bonchev–Trinajstić information content (AvgIpc) is 2.56. The molecule has 0 aromatic heterocycles. The summed E-state index contributed by atoms with van der Waals surface area (Å²) in [7, 11) is 0. The summed E-state index contributed by atoms with van der Waals surface area (Å²) < 4.78 is 0. The van der Waals surface area contributed by atoms with Crippen LogP contribution < -0.4 is 16.2 Å². The topological polar surface area (TPSA) is 95.2 Å². The minimum absolute atomic E-state index is 0. The van der Waals surface area contributed by atoms with Gasteiger partial charge in [0, 0.05) is 51.6 Å². The normalized spacial score (nSPS) is 28.6. The number of hydrogen-bond donors (Lipinski definition) is 2. The summed E-state index contributed by atoms with van der Waals surface area (Å²) in [5.74, 6) is -1.73. The molecule has 101 valence electrons. The van der Waals surface area contributed by atoms with Crippen molar-refractivity contribution < 1.29 is 47.4 Å². The first-order chi connectivity index (χ1) is 7.82. The summed E-state index contributed by atoms with van der Waals surface area (Å²) in [6, 6.07) is -0.357. The van der Waals surface area contributed by atoms with E-state index in [1.807, 2.05) is 13.8 Å². The molecule has 1 fully saturated rings. The van der Waals surface area contributed by atoms with Crippen molar-refractivity contribution in [2.45, 2.75) is 39.3 Å². The van der Waals surface area contributed by atoms with Gasteiger partial charge in [-0.3, -0.25) is 4.79 Å². The number of hydrogen-bond acceptors (Lipinski definition) is 4. The van der Waals surface area contributed by atoms with Crippen LogP contribution in [0.15, 0.2) is 0 Å². The van der Waals surface area contributed by atoms with E-state index in [1.54, 1.807) is 6.42 Å². The number of carbonyl (C=O) groups is 2. The molecule has 18 heavy (non-hydrogen) atoms. The van der Waals surface area contributed by atoms with Crippen LogP contribution in [0.2, 0.25) is 0 Å². The van der Waals surface area contributed by atoms with Gasteiger partial charge in [-0.05, 0) is 12.0 Å². The summed E-state index contributed by atoms with van der Waals surface area (Å²) in [4.78, 5) is 22.0. The van der Waals surface area contributed by atoms with Crippen LogP contribution in [0.3, 0.4) is 0 Å². The van der Waals surface area contributed by atoms with E-state index in [-0.39, 0.29) is 62.5 Å². The first kappa shape index (κ1) is 18.0. The fourth-order valence-electron chi connectivity index (χ4n) is 2.44. The number of rotatable bonds is 4. The zero-order valence-corrected chi connectivity index (χ0v) is 13.9. The Labute approximate surface area is 133 Å². The van der Waals surface area contributed by atoms with Crippen LogP contribution in [0.25, 0.3) is 0 Å². The average molecular weight is 329 g/mol. The van der Waals surface area contributed by atoms with E-state index in [9.17, 15) is 14.7 Å². The molecule has 0 saturated heterocycles. The molecule has 0 spiro atoms. The monoisotopic (exact) mass is 329 g/mol. The molecule has 6 heteroatoms. The molecule has 1 radical (unpaired) electrons. The molecular weight excluding hydrogens is 309 g/mol. The van der Waals surface area contributed by atoms with Crippen molar-refractivity contribution in [3.05, 3.63) is 6.42 Å². The van der Waals surface area contributed by atoms with Crippen LogP contribution in [0.4, 0.5) is 0 Å². The van der Waals surface area contributed by atoms with Gasteiger partial charge in [0.2, 0.25) is 5.91 Å². The molecular formula is C12H20N2O3Y-2. The van der Waals surface area contributed by atoms with Gasteiger partial charge < -0.3 is 27.4 Å². The van der Waals surface area contributed by atoms with E-state index < -0.39 is 11.9 Å². The quantitative estimate of drug-likeness (QED) is 0.651. The molecule has 0 bridgehead atoms. The van der Waals surface area contributed by atoms with Gasteiger partial charge in [-0.1, -0.05) is 20.3 Å². The smallest absolute Gasteiger partial charge is 0.217 e. The van der Waals surface area contributed by atoms with Crippen molar-refractivity contribution in [1.29, 1.82) is 0 Å². The molecule has 0 aliphatic heterocycles. The number of nitrogens with two attached hydrogens (primary N) is 1. The first-order valence-electron chi connectivity index (χ1n) is 5.91. The van der Waals surface area contributed by atoms with Gasteiger partial charge in [0.25, 0.3) is 0 Å². The molecule has 0 aromatic rings. The molecule has 3 N–H and O–H groups in total. The third kappa shape index (κ3) is 4.59. The largest absolute Gasteiger partial charge is 0.553 e. The van der Waals surface area contributed by atoms with E-state index in [4.69, 9.17) is 5.73 Å². The molecule has 3 unspecified atom stereocenters. The van der Waals surface area contributed by atoms with Crippen molar-refractivity contribution in [2.24, 2.45) is 23.5 Å². The van der Waals surface area contributed by atoms with Crippen LogP contribution >= 0.6 is 0 Å². The van der Waals surface area contributed by atoms with E-state index in [2.05, 4.69) is 5.32 Å².